The quantitative estimate of drug-likeness (QED) is 0.656. The highest BCUT2D eigenvalue weighted by molar-refractivity contribution is 9.10. The molecule has 0 aliphatic carbocycles. The molecule has 3 nitrogen and oxygen atoms in total. The van der Waals surface area contributed by atoms with Gasteiger partial charge in [0.1, 0.15) is 5.75 Å². The zero-order valence-corrected chi connectivity index (χ0v) is 14.3. The molecule has 0 aliphatic heterocycles. The van der Waals surface area contributed by atoms with Gasteiger partial charge in [0.15, 0.2) is 5.78 Å². The highest BCUT2D eigenvalue weighted by atomic mass is 79.9. The summed E-state index contributed by atoms with van der Waals surface area (Å²) in [7, 11) is 0. The average molecular weight is 402 g/mol. The lowest BCUT2D eigenvalue weighted by molar-refractivity contribution is -0.274. The number of nitrogens with one attached hydrogen (secondary N) is 1. The maximum atomic E-state index is 12.6. The molecule has 1 N–H and O–H groups in total. The van der Waals surface area contributed by atoms with Crippen LogP contribution in [-0.2, 0) is 0 Å². The Morgan fingerprint density at radius 3 is 2.46 bits per heavy atom. The van der Waals surface area contributed by atoms with Crippen molar-refractivity contribution in [2.24, 2.45) is 0 Å². The van der Waals surface area contributed by atoms with E-state index >= 15 is 0 Å². The summed E-state index contributed by atoms with van der Waals surface area (Å²) < 4.78 is 41.7. The molecule has 1 unspecified atom stereocenters. The Bertz CT molecular complexity index is 702. The van der Waals surface area contributed by atoms with Crippen LogP contribution in [0.25, 0.3) is 0 Å². The van der Waals surface area contributed by atoms with Gasteiger partial charge < -0.3 is 10.1 Å². The molecule has 2 aromatic carbocycles. The number of hydrogen-bond acceptors (Lipinski definition) is 3. The zero-order chi connectivity index (χ0) is 17.7. The molecule has 7 heteroatoms. The van der Waals surface area contributed by atoms with E-state index in [9.17, 15) is 18.0 Å². The van der Waals surface area contributed by atoms with Crippen LogP contribution in [0, 0.1) is 0 Å². The minimum absolute atomic E-state index is 0.160. The molecular formula is C17H15BrF3NO2. The molecule has 0 aromatic heterocycles. The van der Waals surface area contributed by atoms with E-state index in [2.05, 4.69) is 26.0 Å². The van der Waals surface area contributed by atoms with Crippen LogP contribution in [0.15, 0.2) is 53.0 Å². The first-order valence-corrected chi connectivity index (χ1v) is 8.00. The van der Waals surface area contributed by atoms with Crippen molar-refractivity contribution in [3.05, 3.63) is 58.6 Å². The van der Waals surface area contributed by atoms with Crippen LogP contribution in [0.5, 0.6) is 5.75 Å². The van der Waals surface area contributed by atoms with Crippen molar-refractivity contribution in [3.8, 4) is 5.75 Å². The monoisotopic (exact) mass is 401 g/mol. The lowest BCUT2D eigenvalue weighted by Crippen LogP contribution is -2.29. The minimum Gasteiger partial charge on any atom is -0.406 e. The summed E-state index contributed by atoms with van der Waals surface area (Å²) in [5.41, 5.74) is 0.911. The van der Waals surface area contributed by atoms with Gasteiger partial charge in [-0.25, -0.2) is 0 Å². The predicted molar refractivity (Wildman–Crippen MR) is 89.3 cm³/mol. The molecule has 0 heterocycles. The molecule has 0 amide bonds. The van der Waals surface area contributed by atoms with Crippen molar-refractivity contribution in [2.75, 3.05) is 5.32 Å². The summed E-state index contributed by atoms with van der Waals surface area (Å²) in [6.45, 7) is 1.82. The fraction of sp³-hybridized carbons (Fsp3) is 0.235. The van der Waals surface area contributed by atoms with Gasteiger partial charge in [-0.1, -0.05) is 35.0 Å². The molecule has 2 aromatic rings. The van der Waals surface area contributed by atoms with Gasteiger partial charge in [0.25, 0.3) is 0 Å². The fourth-order valence-corrected chi connectivity index (χ4v) is 2.41. The molecule has 2 rings (SSSR count). The lowest BCUT2D eigenvalue weighted by Gasteiger charge is -2.18. The fourth-order valence-electron chi connectivity index (χ4n) is 2.15. The van der Waals surface area contributed by atoms with Crippen LogP contribution >= 0.6 is 15.9 Å². The number of hydrogen-bond donors (Lipinski definition) is 1. The molecule has 0 bridgehead atoms. The van der Waals surface area contributed by atoms with Gasteiger partial charge in [0.05, 0.1) is 6.04 Å². The van der Waals surface area contributed by atoms with Gasteiger partial charge in [0.2, 0.25) is 0 Å². The number of halogens is 4. The van der Waals surface area contributed by atoms with E-state index in [4.69, 9.17) is 0 Å². The average Bonchev–Trinajstić information content (AvgIpc) is 2.52. The highest BCUT2D eigenvalue weighted by Gasteiger charge is 2.31. The van der Waals surface area contributed by atoms with Gasteiger partial charge in [-0.05, 0) is 42.8 Å². The van der Waals surface area contributed by atoms with E-state index in [1.165, 1.54) is 12.1 Å². The number of ketones is 1. The number of rotatable bonds is 6. The highest BCUT2D eigenvalue weighted by Crippen LogP contribution is 2.24. The minimum atomic E-state index is -4.79. The van der Waals surface area contributed by atoms with Crippen LogP contribution < -0.4 is 10.1 Å². The standard InChI is InChI=1S/C17H15BrF3NO2/c1-2-15(22-13-8-6-12(18)7-9-13)16(23)11-4-3-5-14(10-11)24-17(19,20)21/h3-10,15,22H,2H2,1H3. The van der Waals surface area contributed by atoms with Crippen LogP contribution in [0.3, 0.4) is 0 Å². The van der Waals surface area contributed by atoms with Gasteiger partial charge in [-0.15, -0.1) is 13.2 Å². The van der Waals surface area contributed by atoms with Crippen molar-refractivity contribution >= 4 is 27.4 Å². The zero-order valence-electron chi connectivity index (χ0n) is 12.7. The SMILES string of the molecule is CCC(Nc1ccc(Br)cc1)C(=O)c1cccc(OC(F)(F)F)c1. The topological polar surface area (TPSA) is 38.3 Å². The van der Waals surface area contributed by atoms with Crippen LogP contribution in [-0.4, -0.2) is 18.2 Å². The van der Waals surface area contributed by atoms with Gasteiger partial charge in [-0.2, -0.15) is 0 Å². The summed E-state index contributed by atoms with van der Waals surface area (Å²) in [5, 5.41) is 3.09. The summed E-state index contributed by atoms with van der Waals surface area (Å²) in [6, 6.07) is 11.8. The summed E-state index contributed by atoms with van der Waals surface area (Å²) >= 11 is 3.33. The molecule has 0 fully saturated rings. The third kappa shape index (κ3) is 5.26. The predicted octanol–water partition coefficient (Wildman–Crippen LogP) is 5.42. The van der Waals surface area contributed by atoms with Gasteiger partial charge in [0, 0.05) is 15.7 Å². The first kappa shape index (κ1) is 18.3. The number of alkyl halides is 3. The maximum absolute atomic E-state index is 12.6. The molecule has 0 saturated carbocycles. The number of Topliss-reactive ketones (excluding diaryl/α,β-unsaturated/α-hetero) is 1. The molecule has 1 atom stereocenters. The Labute approximate surface area is 146 Å². The first-order chi connectivity index (χ1) is 11.3. The van der Waals surface area contributed by atoms with Crippen LogP contribution in [0.4, 0.5) is 18.9 Å². The van der Waals surface area contributed by atoms with E-state index in [-0.39, 0.29) is 11.3 Å². The molecule has 0 spiro atoms. The Kier molecular flexibility index (Phi) is 5.88. The largest absolute Gasteiger partial charge is 0.573 e. The lowest BCUT2D eigenvalue weighted by atomic mass is 10.0. The van der Waals surface area contributed by atoms with Crippen molar-refractivity contribution in [1.29, 1.82) is 0 Å². The summed E-state index contributed by atoms with van der Waals surface area (Å²) in [6.07, 6.45) is -4.30. The van der Waals surface area contributed by atoms with E-state index in [1.807, 2.05) is 31.2 Å². The second kappa shape index (κ2) is 7.70. The van der Waals surface area contributed by atoms with Gasteiger partial charge >= 0.3 is 6.36 Å². The Morgan fingerprint density at radius 2 is 1.88 bits per heavy atom. The van der Waals surface area contributed by atoms with Crippen molar-refractivity contribution in [2.45, 2.75) is 25.7 Å². The molecule has 0 saturated heterocycles. The molecular weight excluding hydrogens is 387 g/mol. The van der Waals surface area contributed by atoms with Crippen LogP contribution in [0.1, 0.15) is 23.7 Å². The normalized spacial score (nSPS) is 12.5. The third-order valence-electron chi connectivity index (χ3n) is 3.26. The Hall–Kier alpha value is -2.02. The summed E-state index contributed by atoms with van der Waals surface area (Å²) in [5.74, 6) is -0.708. The smallest absolute Gasteiger partial charge is 0.406 e. The second-order valence-corrected chi connectivity index (χ2v) is 5.97. The van der Waals surface area contributed by atoms with Gasteiger partial charge in [-0.3, -0.25) is 4.79 Å². The van der Waals surface area contributed by atoms with Crippen molar-refractivity contribution in [3.63, 3.8) is 0 Å². The molecule has 128 valence electrons. The number of anilines is 1. The van der Waals surface area contributed by atoms with E-state index in [0.717, 1.165) is 22.3 Å². The van der Waals surface area contributed by atoms with Crippen molar-refractivity contribution < 1.29 is 22.7 Å². The molecule has 24 heavy (non-hydrogen) atoms. The molecule has 0 radical (unpaired) electrons. The van der Waals surface area contributed by atoms with Crippen molar-refractivity contribution in [1.82, 2.24) is 0 Å². The number of benzene rings is 2. The summed E-state index contributed by atoms with van der Waals surface area (Å²) in [4.78, 5) is 12.6. The third-order valence-corrected chi connectivity index (χ3v) is 3.79. The molecule has 0 aliphatic rings. The maximum Gasteiger partial charge on any atom is 0.573 e. The Morgan fingerprint density at radius 1 is 1.21 bits per heavy atom. The Balaban J connectivity index is 2.16. The number of carbonyl (C=O) groups excluding carboxylic acids is 1. The van der Waals surface area contributed by atoms with E-state index in [1.54, 1.807) is 0 Å². The van der Waals surface area contributed by atoms with E-state index in [0.29, 0.717) is 6.42 Å². The van der Waals surface area contributed by atoms with E-state index < -0.39 is 18.2 Å². The van der Waals surface area contributed by atoms with Crippen LogP contribution in [0.2, 0.25) is 0 Å². The first-order valence-electron chi connectivity index (χ1n) is 7.20. The number of carbonyl (C=O) groups is 1. The second-order valence-electron chi connectivity index (χ2n) is 5.05. The number of ether oxygens (including phenoxy) is 1.